The number of hydrogen-bond donors (Lipinski definition) is 1. The molecular formula is C15H25ClN2O. The lowest BCUT2D eigenvalue weighted by Crippen LogP contribution is -2.27. The molecule has 0 amide bonds. The maximum Gasteiger partial charge on any atom is 0.119 e. The first kappa shape index (κ1) is 16.3. The number of rotatable bonds is 5. The topological polar surface area (TPSA) is 24.5 Å². The quantitative estimate of drug-likeness (QED) is 0.900. The summed E-state index contributed by atoms with van der Waals surface area (Å²) in [5.41, 5.74) is 1.35. The predicted octanol–water partition coefficient (Wildman–Crippen LogP) is 2.69. The van der Waals surface area contributed by atoms with Crippen molar-refractivity contribution in [3.05, 3.63) is 29.8 Å². The molecule has 0 aromatic heterocycles. The molecular weight excluding hydrogens is 260 g/mol. The Morgan fingerprint density at radius 3 is 3.00 bits per heavy atom. The Hall–Kier alpha value is -0.770. The van der Waals surface area contributed by atoms with Gasteiger partial charge in [0, 0.05) is 19.6 Å². The fourth-order valence-electron chi connectivity index (χ4n) is 2.27. The Morgan fingerprint density at radius 1 is 1.26 bits per heavy atom. The van der Waals surface area contributed by atoms with Crippen LogP contribution in [0.3, 0.4) is 0 Å². The van der Waals surface area contributed by atoms with Crippen LogP contribution in [0, 0.1) is 0 Å². The van der Waals surface area contributed by atoms with E-state index in [0.29, 0.717) is 0 Å². The molecule has 1 aromatic rings. The largest absolute Gasteiger partial charge is 0.494 e. The standard InChI is InChI=1S/C15H24N2O.ClH/c1-2-11-18-15-6-3-5-14(12-15)13-17-9-4-7-16-8-10-17;/h3,5-6,12,16H,2,4,7-11,13H2,1H3;1H. The van der Waals surface area contributed by atoms with Gasteiger partial charge in [0.2, 0.25) is 0 Å². The maximum atomic E-state index is 5.68. The summed E-state index contributed by atoms with van der Waals surface area (Å²) in [5, 5.41) is 3.44. The van der Waals surface area contributed by atoms with Gasteiger partial charge < -0.3 is 10.1 Å². The second-order valence-electron chi connectivity index (χ2n) is 4.88. The minimum Gasteiger partial charge on any atom is -0.494 e. The Labute approximate surface area is 122 Å². The lowest BCUT2D eigenvalue weighted by atomic mass is 10.2. The van der Waals surface area contributed by atoms with E-state index in [1.165, 1.54) is 18.5 Å². The van der Waals surface area contributed by atoms with Gasteiger partial charge in [-0.15, -0.1) is 12.4 Å². The number of halogens is 1. The summed E-state index contributed by atoms with van der Waals surface area (Å²) in [4.78, 5) is 2.51. The van der Waals surface area contributed by atoms with Crippen LogP contribution in [0.25, 0.3) is 0 Å². The molecule has 0 atom stereocenters. The van der Waals surface area contributed by atoms with E-state index in [1.807, 2.05) is 6.07 Å². The van der Waals surface area contributed by atoms with E-state index in [9.17, 15) is 0 Å². The van der Waals surface area contributed by atoms with E-state index in [1.54, 1.807) is 0 Å². The van der Waals surface area contributed by atoms with Crippen molar-refractivity contribution in [3.63, 3.8) is 0 Å². The molecule has 1 fully saturated rings. The summed E-state index contributed by atoms with van der Waals surface area (Å²) in [7, 11) is 0. The lowest BCUT2D eigenvalue weighted by Gasteiger charge is -2.19. The van der Waals surface area contributed by atoms with Gasteiger partial charge in [-0.1, -0.05) is 19.1 Å². The van der Waals surface area contributed by atoms with Gasteiger partial charge in [0.1, 0.15) is 5.75 Å². The molecule has 2 rings (SSSR count). The molecule has 0 aliphatic carbocycles. The molecule has 1 aliphatic rings. The van der Waals surface area contributed by atoms with E-state index in [0.717, 1.165) is 45.0 Å². The van der Waals surface area contributed by atoms with Crippen LogP contribution in [0.15, 0.2) is 24.3 Å². The van der Waals surface area contributed by atoms with Crippen molar-refractivity contribution in [1.82, 2.24) is 10.2 Å². The number of nitrogens with one attached hydrogen (secondary N) is 1. The van der Waals surface area contributed by atoms with Gasteiger partial charge in [-0.3, -0.25) is 4.90 Å². The van der Waals surface area contributed by atoms with E-state index >= 15 is 0 Å². The number of nitrogens with zero attached hydrogens (tertiary/aromatic N) is 1. The van der Waals surface area contributed by atoms with E-state index < -0.39 is 0 Å². The summed E-state index contributed by atoms with van der Waals surface area (Å²) >= 11 is 0. The number of benzene rings is 1. The first-order valence-electron chi connectivity index (χ1n) is 7.03. The van der Waals surface area contributed by atoms with Crippen molar-refractivity contribution in [3.8, 4) is 5.75 Å². The molecule has 4 heteroatoms. The second kappa shape index (κ2) is 9.18. The summed E-state index contributed by atoms with van der Waals surface area (Å²) in [6.07, 6.45) is 2.30. The van der Waals surface area contributed by atoms with Gasteiger partial charge in [0.25, 0.3) is 0 Å². The molecule has 108 valence electrons. The molecule has 19 heavy (non-hydrogen) atoms. The van der Waals surface area contributed by atoms with Crippen molar-refractivity contribution in [2.45, 2.75) is 26.3 Å². The summed E-state index contributed by atoms with van der Waals surface area (Å²) in [5.74, 6) is 1.00. The molecule has 1 saturated heterocycles. The first-order valence-corrected chi connectivity index (χ1v) is 7.03. The Morgan fingerprint density at radius 2 is 2.16 bits per heavy atom. The van der Waals surface area contributed by atoms with Gasteiger partial charge in [0.15, 0.2) is 0 Å². The molecule has 1 heterocycles. The number of hydrogen-bond acceptors (Lipinski definition) is 3. The van der Waals surface area contributed by atoms with Crippen LogP contribution in [0.2, 0.25) is 0 Å². The molecule has 0 saturated carbocycles. The van der Waals surface area contributed by atoms with Crippen LogP contribution in [-0.4, -0.2) is 37.7 Å². The molecule has 0 radical (unpaired) electrons. The molecule has 0 spiro atoms. The second-order valence-corrected chi connectivity index (χ2v) is 4.88. The van der Waals surface area contributed by atoms with E-state index in [4.69, 9.17) is 4.74 Å². The Bertz CT molecular complexity index is 352. The zero-order chi connectivity index (χ0) is 12.6. The van der Waals surface area contributed by atoms with E-state index in [2.05, 4.69) is 35.3 Å². The summed E-state index contributed by atoms with van der Waals surface area (Å²) < 4.78 is 5.68. The van der Waals surface area contributed by atoms with Crippen LogP contribution in [-0.2, 0) is 6.54 Å². The zero-order valence-electron chi connectivity index (χ0n) is 11.7. The van der Waals surface area contributed by atoms with Crippen LogP contribution < -0.4 is 10.1 Å². The van der Waals surface area contributed by atoms with Crippen molar-refractivity contribution >= 4 is 12.4 Å². The van der Waals surface area contributed by atoms with Gasteiger partial charge >= 0.3 is 0 Å². The van der Waals surface area contributed by atoms with Crippen LogP contribution in [0.4, 0.5) is 0 Å². The van der Waals surface area contributed by atoms with Crippen LogP contribution in [0.1, 0.15) is 25.3 Å². The van der Waals surface area contributed by atoms with Crippen LogP contribution >= 0.6 is 12.4 Å². The third-order valence-corrected chi connectivity index (χ3v) is 3.21. The Balaban J connectivity index is 0.00000180. The molecule has 0 unspecified atom stereocenters. The van der Waals surface area contributed by atoms with Crippen LogP contribution in [0.5, 0.6) is 5.75 Å². The minimum atomic E-state index is 0. The SMILES string of the molecule is CCCOc1cccc(CN2CCCNCC2)c1.Cl. The first-order chi connectivity index (χ1) is 8.88. The van der Waals surface area contributed by atoms with Gasteiger partial charge in [-0.2, -0.15) is 0 Å². The predicted molar refractivity (Wildman–Crippen MR) is 82.2 cm³/mol. The van der Waals surface area contributed by atoms with Crippen molar-refractivity contribution < 1.29 is 4.74 Å². The molecule has 1 N–H and O–H groups in total. The monoisotopic (exact) mass is 284 g/mol. The van der Waals surface area contributed by atoms with Gasteiger partial charge in [-0.25, -0.2) is 0 Å². The normalized spacial score (nSPS) is 16.5. The highest BCUT2D eigenvalue weighted by atomic mass is 35.5. The van der Waals surface area contributed by atoms with Crippen molar-refractivity contribution in [2.24, 2.45) is 0 Å². The van der Waals surface area contributed by atoms with Crippen molar-refractivity contribution in [2.75, 3.05) is 32.8 Å². The molecule has 1 aromatic carbocycles. The molecule has 0 bridgehead atoms. The molecule has 3 nitrogen and oxygen atoms in total. The summed E-state index contributed by atoms with van der Waals surface area (Å²) in [6, 6.07) is 8.50. The fraction of sp³-hybridized carbons (Fsp3) is 0.600. The lowest BCUT2D eigenvalue weighted by molar-refractivity contribution is 0.282. The average Bonchev–Trinajstić information content (AvgIpc) is 2.65. The minimum absolute atomic E-state index is 0. The Kier molecular flexibility index (Phi) is 7.87. The number of ether oxygens (including phenoxy) is 1. The summed E-state index contributed by atoms with van der Waals surface area (Å²) in [6.45, 7) is 8.55. The maximum absolute atomic E-state index is 5.68. The molecule has 1 aliphatic heterocycles. The average molecular weight is 285 g/mol. The van der Waals surface area contributed by atoms with E-state index in [-0.39, 0.29) is 12.4 Å². The smallest absolute Gasteiger partial charge is 0.119 e. The van der Waals surface area contributed by atoms with Gasteiger partial charge in [0.05, 0.1) is 6.61 Å². The third kappa shape index (κ3) is 5.81. The highest BCUT2D eigenvalue weighted by molar-refractivity contribution is 5.85. The zero-order valence-corrected chi connectivity index (χ0v) is 12.5. The highest BCUT2D eigenvalue weighted by Gasteiger charge is 2.09. The highest BCUT2D eigenvalue weighted by Crippen LogP contribution is 2.15. The van der Waals surface area contributed by atoms with Crippen molar-refractivity contribution in [1.29, 1.82) is 0 Å². The fourth-order valence-corrected chi connectivity index (χ4v) is 2.27. The van der Waals surface area contributed by atoms with Gasteiger partial charge in [-0.05, 0) is 43.6 Å². The third-order valence-electron chi connectivity index (χ3n) is 3.21.